The number of hydrogen-bond acceptors (Lipinski definition) is 2. The van der Waals surface area contributed by atoms with Gasteiger partial charge in [-0.3, -0.25) is 9.69 Å². The van der Waals surface area contributed by atoms with Gasteiger partial charge in [0.2, 0.25) is 5.91 Å². The fraction of sp³-hybridized carbons (Fsp3) is 0.562. The molecule has 1 aliphatic carbocycles. The van der Waals surface area contributed by atoms with E-state index < -0.39 is 0 Å². The van der Waals surface area contributed by atoms with Crippen LogP contribution in [0, 0.1) is 11.8 Å². The Morgan fingerprint density at radius 1 is 1.21 bits per heavy atom. The minimum atomic E-state index is -0.0646. The first-order chi connectivity index (χ1) is 9.33. The fourth-order valence-corrected chi connectivity index (χ4v) is 3.53. The minimum Gasteiger partial charge on any atom is -0.358 e. The third-order valence-electron chi connectivity index (χ3n) is 4.37. The Labute approximate surface area is 114 Å². The van der Waals surface area contributed by atoms with Crippen LogP contribution in [-0.2, 0) is 9.53 Å². The van der Waals surface area contributed by atoms with E-state index in [1.54, 1.807) is 0 Å². The monoisotopic (exact) mass is 259 g/mol. The van der Waals surface area contributed by atoms with Crippen LogP contribution in [0.3, 0.4) is 0 Å². The number of carbonyl (C=O) groups excluding carboxylic acids is 1. The highest BCUT2D eigenvalue weighted by molar-refractivity contribution is 5.98. The van der Waals surface area contributed by atoms with E-state index in [-0.39, 0.29) is 18.1 Å². The van der Waals surface area contributed by atoms with E-state index in [1.807, 2.05) is 42.2 Å². The topological polar surface area (TPSA) is 29.5 Å². The lowest BCUT2D eigenvalue weighted by Gasteiger charge is -2.29. The number of rotatable bonds is 3. The van der Waals surface area contributed by atoms with Crippen molar-refractivity contribution in [1.82, 2.24) is 0 Å². The molecule has 1 amide bonds. The Hall–Kier alpha value is -1.35. The van der Waals surface area contributed by atoms with Crippen LogP contribution in [-0.4, -0.2) is 18.7 Å². The van der Waals surface area contributed by atoms with E-state index in [9.17, 15) is 4.79 Å². The van der Waals surface area contributed by atoms with E-state index >= 15 is 0 Å². The second kappa shape index (κ2) is 5.33. The van der Waals surface area contributed by atoms with Gasteiger partial charge in [0.1, 0.15) is 6.23 Å². The second-order valence-corrected chi connectivity index (χ2v) is 5.44. The summed E-state index contributed by atoms with van der Waals surface area (Å²) in [5.41, 5.74) is 0.973. The Kier molecular flexibility index (Phi) is 3.56. The first kappa shape index (κ1) is 12.7. The van der Waals surface area contributed by atoms with Gasteiger partial charge in [-0.2, -0.15) is 0 Å². The maximum absolute atomic E-state index is 12.7. The van der Waals surface area contributed by atoms with Crippen LogP contribution < -0.4 is 4.90 Å². The maximum Gasteiger partial charge on any atom is 0.232 e. The molecule has 102 valence electrons. The van der Waals surface area contributed by atoms with Crippen molar-refractivity contribution in [2.24, 2.45) is 11.8 Å². The molecule has 2 aliphatic rings. The molecule has 1 aliphatic heterocycles. The fourth-order valence-electron chi connectivity index (χ4n) is 3.53. The second-order valence-electron chi connectivity index (χ2n) is 5.44. The van der Waals surface area contributed by atoms with Crippen molar-refractivity contribution in [1.29, 1.82) is 0 Å². The zero-order valence-corrected chi connectivity index (χ0v) is 11.4. The molecule has 0 N–H and O–H groups in total. The minimum absolute atomic E-state index is 0.0646. The average Bonchev–Trinajstić information content (AvgIpc) is 2.74. The SMILES string of the molecule is CCO[C@H]1[C@@H]2CCCC[C@@H]2C(=O)N1c1ccccc1. The molecule has 19 heavy (non-hydrogen) atoms. The molecule has 0 spiro atoms. The molecular weight excluding hydrogens is 238 g/mol. The lowest BCUT2D eigenvalue weighted by molar-refractivity contribution is -0.121. The molecule has 3 nitrogen and oxygen atoms in total. The Bertz CT molecular complexity index is 445. The van der Waals surface area contributed by atoms with Crippen LogP contribution in [0.1, 0.15) is 32.6 Å². The molecule has 3 heteroatoms. The normalized spacial score (nSPS) is 30.5. The van der Waals surface area contributed by atoms with Crippen molar-refractivity contribution in [2.45, 2.75) is 38.8 Å². The Morgan fingerprint density at radius 3 is 2.68 bits per heavy atom. The number of para-hydroxylation sites is 1. The predicted molar refractivity (Wildman–Crippen MR) is 74.8 cm³/mol. The number of nitrogens with zero attached hydrogens (tertiary/aromatic N) is 1. The first-order valence-corrected chi connectivity index (χ1v) is 7.32. The average molecular weight is 259 g/mol. The highest BCUT2D eigenvalue weighted by Gasteiger charge is 2.49. The molecule has 0 bridgehead atoms. The van der Waals surface area contributed by atoms with Crippen LogP contribution in [0.4, 0.5) is 5.69 Å². The van der Waals surface area contributed by atoms with Gasteiger partial charge >= 0.3 is 0 Å². The van der Waals surface area contributed by atoms with E-state index in [4.69, 9.17) is 4.74 Å². The highest BCUT2D eigenvalue weighted by atomic mass is 16.5. The molecular formula is C16H21NO2. The molecule has 1 saturated heterocycles. The first-order valence-electron chi connectivity index (χ1n) is 7.32. The zero-order chi connectivity index (χ0) is 13.2. The molecule has 3 rings (SSSR count). The Morgan fingerprint density at radius 2 is 1.95 bits per heavy atom. The van der Waals surface area contributed by atoms with E-state index in [1.165, 1.54) is 12.8 Å². The van der Waals surface area contributed by atoms with Gasteiger partial charge < -0.3 is 4.74 Å². The summed E-state index contributed by atoms with van der Waals surface area (Å²) in [6.45, 7) is 2.66. The number of ether oxygens (including phenoxy) is 1. The third-order valence-corrected chi connectivity index (χ3v) is 4.37. The summed E-state index contributed by atoms with van der Waals surface area (Å²) in [5, 5.41) is 0. The van der Waals surface area contributed by atoms with Gasteiger partial charge in [0.25, 0.3) is 0 Å². The molecule has 0 unspecified atom stereocenters. The van der Waals surface area contributed by atoms with Crippen LogP contribution in [0.2, 0.25) is 0 Å². The summed E-state index contributed by atoms with van der Waals surface area (Å²) in [6.07, 6.45) is 4.47. The van der Waals surface area contributed by atoms with Gasteiger partial charge in [-0.1, -0.05) is 31.0 Å². The van der Waals surface area contributed by atoms with Gasteiger partial charge in [0.05, 0.1) is 0 Å². The van der Waals surface area contributed by atoms with Gasteiger partial charge in [0, 0.05) is 24.1 Å². The lowest BCUT2D eigenvalue weighted by atomic mass is 9.81. The summed E-state index contributed by atoms with van der Waals surface area (Å²) in [4.78, 5) is 14.6. The molecule has 1 saturated carbocycles. The van der Waals surface area contributed by atoms with Crippen molar-refractivity contribution in [3.05, 3.63) is 30.3 Å². The standard InChI is InChI=1S/C16H21NO2/c1-2-19-16-14-11-7-6-10-13(14)15(18)17(16)12-8-4-3-5-9-12/h3-5,8-9,13-14,16H,2,6-7,10-11H2,1H3/t13-,14+,16-/m0/s1. The number of fused-ring (bicyclic) bond motifs is 1. The van der Waals surface area contributed by atoms with Crippen molar-refractivity contribution in [2.75, 3.05) is 11.5 Å². The van der Waals surface area contributed by atoms with Crippen LogP contribution in [0.5, 0.6) is 0 Å². The molecule has 0 radical (unpaired) electrons. The number of amides is 1. The quantitative estimate of drug-likeness (QED) is 0.834. The lowest BCUT2D eigenvalue weighted by Crippen LogP contribution is -2.37. The summed E-state index contributed by atoms with van der Waals surface area (Å²) < 4.78 is 5.91. The van der Waals surface area contributed by atoms with Crippen LogP contribution in [0.25, 0.3) is 0 Å². The van der Waals surface area contributed by atoms with E-state index in [2.05, 4.69) is 0 Å². The van der Waals surface area contributed by atoms with Gasteiger partial charge in [0.15, 0.2) is 0 Å². The number of benzene rings is 1. The number of anilines is 1. The van der Waals surface area contributed by atoms with Crippen LogP contribution >= 0.6 is 0 Å². The third kappa shape index (κ3) is 2.16. The van der Waals surface area contributed by atoms with Gasteiger partial charge in [-0.25, -0.2) is 0 Å². The highest BCUT2D eigenvalue weighted by Crippen LogP contribution is 2.43. The summed E-state index contributed by atoms with van der Waals surface area (Å²) in [5.74, 6) is 0.807. The van der Waals surface area contributed by atoms with Gasteiger partial charge in [-0.15, -0.1) is 0 Å². The molecule has 2 fully saturated rings. The summed E-state index contributed by atoms with van der Waals surface area (Å²) >= 11 is 0. The summed E-state index contributed by atoms with van der Waals surface area (Å²) in [7, 11) is 0. The van der Waals surface area contributed by atoms with Crippen molar-refractivity contribution in [3.63, 3.8) is 0 Å². The maximum atomic E-state index is 12.7. The number of hydrogen-bond donors (Lipinski definition) is 0. The van der Waals surface area contributed by atoms with E-state index in [0.717, 1.165) is 18.5 Å². The molecule has 0 aromatic heterocycles. The summed E-state index contributed by atoms with van der Waals surface area (Å²) in [6, 6.07) is 9.94. The molecule has 1 aromatic rings. The smallest absolute Gasteiger partial charge is 0.232 e. The van der Waals surface area contributed by atoms with Gasteiger partial charge in [-0.05, 0) is 31.9 Å². The van der Waals surface area contributed by atoms with Crippen molar-refractivity contribution < 1.29 is 9.53 Å². The molecule has 1 aromatic carbocycles. The van der Waals surface area contributed by atoms with E-state index in [0.29, 0.717) is 12.5 Å². The van der Waals surface area contributed by atoms with Crippen LogP contribution in [0.15, 0.2) is 30.3 Å². The molecule has 3 atom stereocenters. The largest absolute Gasteiger partial charge is 0.358 e. The number of carbonyl (C=O) groups is 1. The zero-order valence-electron chi connectivity index (χ0n) is 11.4. The molecule has 1 heterocycles. The van der Waals surface area contributed by atoms with Crippen molar-refractivity contribution in [3.8, 4) is 0 Å². The Balaban J connectivity index is 1.94. The van der Waals surface area contributed by atoms with Crippen molar-refractivity contribution >= 4 is 11.6 Å². The predicted octanol–water partition coefficient (Wildman–Crippen LogP) is 3.20.